The summed E-state index contributed by atoms with van der Waals surface area (Å²) in [6.07, 6.45) is 0.903. The molecule has 0 spiro atoms. The molecule has 2 aromatic carbocycles. The van der Waals surface area contributed by atoms with E-state index in [4.69, 9.17) is 4.74 Å². The van der Waals surface area contributed by atoms with Gasteiger partial charge in [-0.25, -0.2) is 0 Å². The number of carbonyl (C=O) groups excluding carboxylic acids is 1. The van der Waals surface area contributed by atoms with Crippen LogP contribution in [0.1, 0.15) is 37.3 Å². The van der Waals surface area contributed by atoms with Crippen molar-refractivity contribution >= 4 is 5.91 Å². The highest BCUT2D eigenvalue weighted by atomic mass is 16.5. The van der Waals surface area contributed by atoms with Gasteiger partial charge in [0, 0.05) is 12.5 Å². The van der Waals surface area contributed by atoms with Gasteiger partial charge in [0.05, 0.1) is 19.1 Å². The second kappa shape index (κ2) is 7.08. The van der Waals surface area contributed by atoms with Gasteiger partial charge in [0.25, 0.3) is 0 Å². The number of hydrogen-bond acceptors (Lipinski definition) is 2. The molecule has 3 atom stereocenters. The highest BCUT2D eigenvalue weighted by Crippen LogP contribution is 2.40. The zero-order valence-corrected chi connectivity index (χ0v) is 14.6. The first kappa shape index (κ1) is 16.6. The number of nitrogens with zero attached hydrogens (tertiary/aromatic N) is 1. The van der Waals surface area contributed by atoms with Gasteiger partial charge < -0.3 is 9.64 Å². The van der Waals surface area contributed by atoms with Crippen LogP contribution >= 0.6 is 0 Å². The molecule has 1 fully saturated rings. The van der Waals surface area contributed by atoms with Crippen LogP contribution in [0.2, 0.25) is 0 Å². The van der Waals surface area contributed by atoms with Crippen LogP contribution in [-0.2, 0) is 11.3 Å². The van der Waals surface area contributed by atoms with E-state index in [0.29, 0.717) is 12.5 Å². The second-order valence-corrected chi connectivity index (χ2v) is 6.52. The number of hydrogen-bond donors (Lipinski definition) is 0. The molecule has 1 saturated heterocycles. The Hall–Kier alpha value is -2.29. The molecule has 0 unspecified atom stereocenters. The van der Waals surface area contributed by atoms with Crippen molar-refractivity contribution in [1.82, 2.24) is 4.90 Å². The smallest absolute Gasteiger partial charge is 0.228 e. The van der Waals surface area contributed by atoms with Gasteiger partial charge >= 0.3 is 0 Å². The second-order valence-electron chi connectivity index (χ2n) is 6.52. The van der Waals surface area contributed by atoms with E-state index < -0.39 is 0 Å². The minimum atomic E-state index is 0.137. The van der Waals surface area contributed by atoms with E-state index in [1.165, 1.54) is 5.56 Å². The highest BCUT2D eigenvalue weighted by molar-refractivity contribution is 5.86. The fourth-order valence-corrected chi connectivity index (χ4v) is 3.74. The summed E-state index contributed by atoms with van der Waals surface area (Å²) in [6, 6.07) is 18.7. The van der Waals surface area contributed by atoms with E-state index in [1.54, 1.807) is 7.11 Å². The monoisotopic (exact) mass is 323 g/mol. The molecule has 0 radical (unpaired) electrons. The molecule has 0 aromatic heterocycles. The summed E-state index contributed by atoms with van der Waals surface area (Å²) in [6.45, 7) is 5.01. The van der Waals surface area contributed by atoms with Crippen molar-refractivity contribution in [2.45, 2.75) is 38.8 Å². The summed E-state index contributed by atoms with van der Waals surface area (Å²) in [4.78, 5) is 14.6. The SMILES string of the molecule is CC[C@H]1C(=O)N(Cc2ccc(OC)cc2)[C@@H]1[C@H](C)c1ccccc1. The van der Waals surface area contributed by atoms with E-state index in [0.717, 1.165) is 17.7 Å². The van der Waals surface area contributed by atoms with Gasteiger partial charge in [0.2, 0.25) is 5.91 Å². The van der Waals surface area contributed by atoms with Crippen molar-refractivity contribution in [2.75, 3.05) is 7.11 Å². The molecule has 1 aliphatic rings. The van der Waals surface area contributed by atoms with Gasteiger partial charge in [-0.15, -0.1) is 0 Å². The number of methoxy groups -OCH3 is 1. The summed E-state index contributed by atoms with van der Waals surface area (Å²) in [5, 5.41) is 0. The maximum atomic E-state index is 12.6. The molecule has 1 heterocycles. The molecular formula is C21H25NO2. The van der Waals surface area contributed by atoms with Crippen LogP contribution in [0.5, 0.6) is 5.75 Å². The van der Waals surface area contributed by atoms with Crippen LogP contribution in [0.4, 0.5) is 0 Å². The molecule has 24 heavy (non-hydrogen) atoms. The average molecular weight is 323 g/mol. The normalized spacial score (nSPS) is 21.3. The lowest BCUT2D eigenvalue weighted by atomic mass is 9.75. The first-order valence-electron chi connectivity index (χ1n) is 8.64. The number of amides is 1. The predicted molar refractivity (Wildman–Crippen MR) is 96.0 cm³/mol. The van der Waals surface area contributed by atoms with Crippen LogP contribution in [0.3, 0.4) is 0 Å². The van der Waals surface area contributed by atoms with E-state index in [2.05, 4.69) is 38.1 Å². The van der Waals surface area contributed by atoms with E-state index in [9.17, 15) is 4.79 Å². The van der Waals surface area contributed by atoms with Crippen LogP contribution in [0.25, 0.3) is 0 Å². The molecule has 3 heteroatoms. The molecule has 126 valence electrons. The fraction of sp³-hybridized carbons (Fsp3) is 0.381. The third-order valence-corrected chi connectivity index (χ3v) is 5.16. The first-order valence-corrected chi connectivity index (χ1v) is 8.64. The molecule has 0 bridgehead atoms. The number of rotatable bonds is 6. The zero-order valence-electron chi connectivity index (χ0n) is 14.6. The van der Waals surface area contributed by atoms with Crippen molar-refractivity contribution in [3.8, 4) is 5.75 Å². The van der Waals surface area contributed by atoms with Crippen molar-refractivity contribution in [3.05, 3.63) is 65.7 Å². The molecular weight excluding hydrogens is 298 g/mol. The van der Waals surface area contributed by atoms with Gasteiger partial charge in [0.15, 0.2) is 0 Å². The van der Waals surface area contributed by atoms with E-state index in [1.807, 2.05) is 35.2 Å². The number of β-lactam (4-membered cyclic amide) rings is 1. The molecule has 1 aliphatic heterocycles. The Labute approximate surface area is 144 Å². The number of benzene rings is 2. The van der Waals surface area contributed by atoms with Gasteiger partial charge in [-0.3, -0.25) is 4.79 Å². The quantitative estimate of drug-likeness (QED) is 0.744. The van der Waals surface area contributed by atoms with Crippen molar-refractivity contribution in [1.29, 1.82) is 0 Å². The maximum absolute atomic E-state index is 12.6. The van der Waals surface area contributed by atoms with E-state index >= 15 is 0 Å². The van der Waals surface area contributed by atoms with Crippen LogP contribution in [-0.4, -0.2) is 24.0 Å². The van der Waals surface area contributed by atoms with Gasteiger partial charge in [-0.05, 0) is 29.7 Å². The summed E-state index contributed by atoms with van der Waals surface area (Å²) < 4.78 is 5.21. The van der Waals surface area contributed by atoms with Crippen molar-refractivity contribution in [3.63, 3.8) is 0 Å². The Morgan fingerprint density at radius 3 is 2.33 bits per heavy atom. The van der Waals surface area contributed by atoms with Crippen LogP contribution in [0, 0.1) is 5.92 Å². The lowest BCUT2D eigenvalue weighted by Gasteiger charge is -2.50. The molecule has 0 saturated carbocycles. The number of carbonyl (C=O) groups is 1. The minimum Gasteiger partial charge on any atom is -0.497 e. The summed E-state index contributed by atoms with van der Waals surface area (Å²) in [7, 11) is 1.66. The Balaban J connectivity index is 1.78. The number of ether oxygens (including phenoxy) is 1. The maximum Gasteiger partial charge on any atom is 0.228 e. The molecule has 0 aliphatic carbocycles. The standard InChI is InChI=1S/C21H25NO2/c1-4-19-20(15(2)17-8-6-5-7-9-17)22(21(19)23)14-16-10-12-18(24-3)13-11-16/h5-13,15,19-20H,4,14H2,1-3H3/t15-,19-,20-/m1/s1. The lowest BCUT2D eigenvalue weighted by molar-refractivity contribution is -0.159. The molecule has 3 rings (SSSR count). The third kappa shape index (κ3) is 3.03. The molecule has 0 N–H and O–H groups in total. The molecule has 1 amide bonds. The summed E-state index contributed by atoms with van der Waals surface area (Å²) >= 11 is 0. The Morgan fingerprint density at radius 1 is 1.08 bits per heavy atom. The fourth-order valence-electron chi connectivity index (χ4n) is 3.74. The molecule has 3 nitrogen and oxygen atoms in total. The largest absolute Gasteiger partial charge is 0.497 e. The molecule has 2 aromatic rings. The minimum absolute atomic E-state index is 0.137. The Bertz CT molecular complexity index is 681. The predicted octanol–water partition coefficient (Wildman–Crippen LogP) is 4.24. The highest BCUT2D eigenvalue weighted by Gasteiger charge is 2.48. The van der Waals surface area contributed by atoms with Gasteiger partial charge in [0.1, 0.15) is 5.75 Å². The topological polar surface area (TPSA) is 29.5 Å². The van der Waals surface area contributed by atoms with E-state index in [-0.39, 0.29) is 17.9 Å². The Kier molecular flexibility index (Phi) is 4.89. The van der Waals surface area contributed by atoms with Gasteiger partial charge in [-0.1, -0.05) is 56.3 Å². The first-order chi connectivity index (χ1) is 11.7. The van der Waals surface area contributed by atoms with Gasteiger partial charge in [-0.2, -0.15) is 0 Å². The van der Waals surface area contributed by atoms with Crippen LogP contribution < -0.4 is 4.74 Å². The van der Waals surface area contributed by atoms with Crippen LogP contribution in [0.15, 0.2) is 54.6 Å². The Morgan fingerprint density at radius 2 is 1.75 bits per heavy atom. The summed E-state index contributed by atoms with van der Waals surface area (Å²) in [5.41, 5.74) is 2.44. The van der Waals surface area contributed by atoms with Crippen molar-refractivity contribution in [2.24, 2.45) is 5.92 Å². The van der Waals surface area contributed by atoms with Crippen molar-refractivity contribution < 1.29 is 9.53 Å². The summed E-state index contributed by atoms with van der Waals surface area (Å²) in [5.74, 6) is 1.60. The average Bonchev–Trinajstić information content (AvgIpc) is 2.64. The lowest BCUT2D eigenvalue weighted by Crippen LogP contribution is -2.61. The third-order valence-electron chi connectivity index (χ3n) is 5.16. The number of likely N-dealkylation sites (tertiary alicyclic amines) is 1. The zero-order chi connectivity index (χ0) is 17.1.